The summed E-state index contributed by atoms with van der Waals surface area (Å²) in [4.78, 5) is 12.1. The molecule has 1 nitrogen and oxygen atoms in total. The smallest absolute Gasteiger partial charge is 0.140 e. The first-order valence-corrected chi connectivity index (χ1v) is 6.68. The number of allylic oxidation sites excluding steroid dienone is 3. The molecule has 2 unspecified atom stereocenters. The fraction of sp³-hybridized carbons (Fsp3) is 0.353. The van der Waals surface area contributed by atoms with E-state index in [4.69, 9.17) is 0 Å². The summed E-state index contributed by atoms with van der Waals surface area (Å²) >= 11 is 0. The molecule has 1 heteroatoms. The van der Waals surface area contributed by atoms with Crippen molar-refractivity contribution in [3.63, 3.8) is 0 Å². The third kappa shape index (κ3) is 1.58. The topological polar surface area (TPSA) is 17.1 Å². The first-order valence-electron chi connectivity index (χ1n) is 6.68. The molecule has 1 fully saturated rings. The van der Waals surface area contributed by atoms with Crippen LogP contribution >= 0.6 is 0 Å². The van der Waals surface area contributed by atoms with Gasteiger partial charge in [0.05, 0.1) is 5.92 Å². The highest BCUT2D eigenvalue weighted by Crippen LogP contribution is 2.54. The minimum Gasteiger partial charge on any atom is -0.299 e. The number of Topliss-reactive ketones (excluding diaryl/α,β-unsaturated/α-hetero) is 1. The zero-order valence-corrected chi connectivity index (χ0v) is 10.8. The molecule has 92 valence electrons. The number of ketones is 1. The monoisotopic (exact) mass is 238 g/mol. The number of carbonyl (C=O) groups is 1. The maximum atomic E-state index is 12.1. The van der Waals surface area contributed by atoms with Gasteiger partial charge in [-0.1, -0.05) is 42.5 Å². The Morgan fingerprint density at radius 1 is 1.28 bits per heavy atom. The lowest BCUT2D eigenvalue weighted by atomic mass is 9.58. The Labute approximate surface area is 108 Å². The minimum absolute atomic E-state index is 0.145. The van der Waals surface area contributed by atoms with Gasteiger partial charge in [0.1, 0.15) is 5.78 Å². The van der Waals surface area contributed by atoms with Gasteiger partial charge < -0.3 is 0 Å². The van der Waals surface area contributed by atoms with E-state index in [1.807, 2.05) is 13.0 Å². The van der Waals surface area contributed by atoms with Gasteiger partial charge in [0, 0.05) is 6.42 Å². The van der Waals surface area contributed by atoms with Gasteiger partial charge in [0.25, 0.3) is 0 Å². The van der Waals surface area contributed by atoms with Crippen LogP contribution in [0, 0.1) is 11.8 Å². The van der Waals surface area contributed by atoms with Crippen LogP contribution < -0.4 is 0 Å². The van der Waals surface area contributed by atoms with Crippen molar-refractivity contribution in [2.45, 2.75) is 26.2 Å². The summed E-state index contributed by atoms with van der Waals surface area (Å²) < 4.78 is 0. The molecule has 3 rings (SSSR count). The van der Waals surface area contributed by atoms with Crippen LogP contribution in [-0.2, 0) is 4.79 Å². The van der Waals surface area contributed by atoms with Crippen LogP contribution in [-0.4, -0.2) is 5.78 Å². The second kappa shape index (κ2) is 4.24. The largest absolute Gasteiger partial charge is 0.299 e. The molecule has 1 aromatic carbocycles. The normalized spacial score (nSPS) is 26.6. The first-order chi connectivity index (χ1) is 8.70. The summed E-state index contributed by atoms with van der Waals surface area (Å²) in [6, 6.07) is 10.5. The van der Waals surface area contributed by atoms with Gasteiger partial charge in [-0.2, -0.15) is 0 Å². The van der Waals surface area contributed by atoms with E-state index >= 15 is 0 Å². The lowest BCUT2D eigenvalue weighted by molar-refractivity contribution is -0.125. The SMILES string of the molecule is C=C(C)C1=C(c2ccccc2)C2CCCC(=O)C12. The van der Waals surface area contributed by atoms with Gasteiger partial charge in [-0.05, 0) is 42.4 Å². The van der Waals surface area contributed by atoms with E-state index < -0.39 is 0 Å². The second-order valence-electron chi connectivity index (χ2n) is 5.42. The zero-order valence-electron chi connectivity index (χ0n) is 10.8. The standard InChI is InChI=1S/C17H18O/c1-11(2)15-16(12-7-4-3-5-8-12)13-9-6-10-14(18)17(13)15/h3-5,7-8,13,17H,1,6,9-10H2,2H3. The van der Waals surface area contributed by atoms with Gasteiger partial charge in [-0.25, -0.2) is 0 Å². The van der Waals surface area contributed by atoms with Crippen molar-refractivity contribution in [1.82, 2.24) is 0 Å². The van der Waals surface area contributed by atoms with Gasteiger partial charge in [-0.15, -0.1) is 0 Å². The van der Waals surface area contributed by atoms with E-state index in [2.05, 4.69) is 30.8 Å². The summed E-state index contributed by atoms with van der Waals surface area (Å²) in [6.45, 7) is 6.09. The van der Waals surface area contributed by atoms with Gasteiger partial charge >= 0.3 is 0 Å². The molecule has 1 saturated carbocycles. The van der Waals surface area contributed by atoms with E-state index in [1.54, 1.807) is 0 Å². The van der Waals surface area contributed by atoms with Gasteiger partial charge in [0.2, 0.25) is 0 Å². The van der Waals surface area contributed by atoms with Crippen molar-refractivity contribution in [1.29, 1.82) is 0 Å². The average Bonchev–Trinajstić information content (AvgIpc) is 2.32. The fourth-order valence-electron chi connectivity index (χ4n) is 3.47. The maximum absolute atomic E-state index is 12.1. The Balaban J connectivity index is 2.10. The Morgan fingerprint density at radius 3 is 2.67 bits per heavy atom. The van der Waals surface area contributed by atoms with Crippen LogP contribution in [0.1, 0.15) is 31.7 Å². The third-order valence-electron chi connectivity index (χ3n) is 4.20. The van der Waals surface area contributed by atoms with Crippen LogP contribution in [0.4, 0.5) is 0 Å². The highest BCUT2D eigenvalue weighted by atomic mass is 16.1. The molecule has 18 heavy (non-hydrogen) atoms. The molecular weight excluding hydrogens is 220 g/mol. The van der Waals surface area contributed by atoms with Crippen LogP contribution in [0.3, 0.4) is 0 Å². The van der Waals surface area contributed by atoms with Gasteiger partial charge in [0.15, 0.2) is 0 Å². The number of rotatable bonds is 2. The van der Waals surface area contributed by atoms with E-state index in [0.29, 0.717) is 11.7 Å². The second-order valence-corrected chi connectivity index (χ2v) is 5.42. The lowest BCUT2D eigenvalue weighted by Gasteiger charge is -2.45. The molecule has 2 atom stereocenters. The average molecular weight is 238 g/mol. The molecule has 0 bridgehead atoms. The van der Waals surface area contributed by atoms with Crippen molar-refractivity contribution in [2.24, 2.45) is 11.8 Å². The molecule has 0 N–H and O–H groups in total. The van der Waals surface area contributed by atoms with Crippen molar-refractivity contribution < 1.29 is 4.79 Å². The fourth-order valence-corrected chi connectivity index (χ4v) is 3.47. The summed E-state index contributed by atoms with van der Waals surface area (Å²) in [5, 5.41) is 0. The lowest BCUT2D eigenvalue weighted by Crippen LogP contribution is -2.39. The van der Waals surface area contributed by atoms with Crippen LogP contribution in [0.2, 0.25) is 0 Å². The minimum atomic E-state index is 0.145. The molecule has 0 amide bonds. The molecular formula is C17H18O. The summed E-state index contributed by atoms with van der Waals surface area (Å²) in [5.41, 5.74) is 4.92. The predicted molar refractivity (Wildman–Crippen MR) is 74.0 cm³/mol. The molecule has 1 aromatic rings. The number of carbonyl (C=O) groups excluding carboxylic acids is 1. The molecule has 0 saturated heterocycles. The van der Waals surface area contributed by atoms with E-state index in [1.165, 1.54) is 16.7 Å². The number of fused-ring (bicyclic) bond motifs is 1. The van der Waals surface area contributed by atoms with Crippen LogP contribution in [0.25, 0.3) is 5.57 Å². The van der Waals surface area contributed by atoms with Crippen molar-refractivity contribution >= 4 is 11.4 Å². The first kappa shape index (κ1) is 11.5. The molecule has 0 aliphatic heterocycles. The third-order valence-corrected chi connectivity index (χ3v) is 4.20. The summed E-state index contributed by atoms with van der Waals surface area (Å²) in [6.07, 6.45) is 2.94. The molecule has 2 aliphatic rings. The number of benzene rings is 1. The molecule has 0 radical (unpaired) electrons. The Kier molecular flexibility index (Phi) is 2.70. The Morgan fingerprint density at radius 2 is 2.00 bits per heavy atom. The molecule has 2 aliphatic carbocycles. The quantitative estimate of drug-likeness (QED) is 0.760. The Bertz CT molecular complexity index is 536. The Hall–Kier alpha value is -1.63. The van der Waals surface area contributed by atoms with E-state index in [9.17, 15) is 4.79 Å². The number of hydrogen-bond acceptors (Lipinski definition) is 1. The van der Waals surface area contributed by atoms with Gasteiger partial charge in [-0.3, -0.25) is 4.79 Å². The van der Waals surface area contributed by atoms with Crippen molar-refractivity contribution in [3.05, 3.63) is 53.6 Å². The van der Waals surface area contributed by atoms with Crippen LogP contribution in [0.15, 0.2) is 48.1 Å². The van der Waals surface area contributed by atoms with Crippen molar-refractivity contribution in [2.75, 3.05) is 0 Å². The highest BCUT2D eigenvalue weighted by molar-refractivity contribution is 5.97. The summed E-state index contributed by atoms with van der Waals surface area (Å²) in [5.74, 6) is 1.01. The zero-order chi connectivity index (χ0) is 12.7. The molecule has 0 heterocycles. The van der Waals surface area contributed by atoms with Crippen molar-refractivity contribution in [3.8, 4) is 0 Å². The predicted octanol–water partition coefficient (Wildman–Crippen LogP) is 4.02. The van der Waals surface area contributed by atoms with E-state index in [-0.39, 0.29) is 5.92 Å². The van der Waals surface area contributed by atoms with E-state index in [0.717, 1.165) is 24.8 Å². The van der Waals surface area contributed by atoms with Crippen LogP contribution in [0.5, 0.6) is 0 Å². The molecule has 0 aromatic heterocycles. The number of hydrogen-bond donors (Lipinski definition) is 0. The maximum Gasteiger partial charge on any atom is 0.140 e. The summed E-state index contributed by atoms with van der Waals surface area (Å²) in [7, 11) is 0. The highest BCUT2D eigenvalue weighted by Gasteiger charge is 2.46. The molecule has 0 spiro atoms.